The fraction of sp³-hybridized carbons (Fsp3) is 0.120. The number of rotatable bonds is 4. The molecular weight excluding hydrogens is 412 g/mol. The van der Waals surface area contributed by atoms with E-state index in [9.17, 15) is 9.59 Å². The summed E-state index contributed by atoms with van der Waals surface area (Å²) in [5, 5.41) is 0. The van der Waals surface area contributed by atoms with Gasteiger partial charge in [0.1, 0.15) is 22.8 Å². The van der Waals surface area contributed by atoms with Crippen LogP contribution in [-0.4, -0.2) is 25.7 Å². The maximum atomic E-state index is 12.9. The van der Waals surface area contributed by atoms with Crippen molar-refractivity contribution in [1.82, 2.24) is 0 Å². The Morgan fingerprint density at radius 3 is 2.66 bits per heavy atom. The van der Waals surface area contributed by atoms with Gasteiger partial charge < -0.3 is 23.7 Å². The first-order valence-electron chi connectivity index (χ1n) is 9.87. The molecule has 3 aromatic carbocycles. The van der Waals surface area contributed by atoms with Crippen LogP contribution in [-0.2, 0) is 0 Å². The molecule has 0 N–H and O–H groups in total. The minimum absolute atomic E-state index is 0.172. The second kappa shape index (κ2) is 7.77. The smallest absolute Gasteiger partial charge is 0.347 e. The Morgan fingerprint density at radius 2 is 1.81 bits per heavy atom. The molecule has 0 saturated carbocycles. The Bertz CT molecular complexity index is 1290. The zero-order valence-electron chi connectivity index (χ0n) is 17.3. The van der Waals surface area contributed by atoms with Crippen molar-refractivity contribution >= 4 is 17.8 Å². The average molecular weight is 430 g/mol. The number of hydrogen-bond donors (Lipinski definition) is 0. The van der Waals surface area contributed by atoms with E-state index in [1.807, 2.05) is 6.07 Å². The highest BCUT2D eigenvalue weighted by molar-refractivity contribution is 6.15. The molecule has 2 heterocycles. The molecule has 2 aliphatic rings. The summed E-state index contributed by atoms with van der Waals surface area (Å²) in [6.45, 7) is 1.94. The summed E-state index contributed by atoms with van der Waals surface area (Å²) in [5.41, 5.74) is 2.12. The van der Waals surface area contributed by atoms with Gasteiger partial charge in [0.25, 0.3) is 0 Å². The van der Waals surface area contributed by atoms with E-state index in [0.29, 0.717) is 39.7 Å². The van der Waals surface area contributed by atoms with E-state index >= 15 is 0 Å². The Kier molecular flexibility index (Phi) is 4.78. The first-order chi connectivity index (χ1) is 15.5. The van der Waals surface area contributed by atoms with Crippen molar-refractivity contribution in [3.8, 4) is 28.7 Å². The van der Waals surface area contributed by atoms with E-state index in [4.69, 9.17) is 23.7 Å². The fourth-order valence-electron chi connectivity index (χ4n) is 3.67. The molecule has 0 amide bonds. The molecule has 160 valence electrons. The molecule has 3 aromatic rings. The largest absolute Gasteiger partial charge is 0.496 e. The second-order valence-corrected chi connectivity index (χ2v) is 7.26. The monoisotopic (exact) mass is 430 g/mol. The Hall–Kier alpha value is -4.26. The van der Waals surface area contributed by atoms with Gasteiger partial charge in [-0.2, -0.15) is 0 Å². The highest BCUT2D eigenvalue weighted by Gasteiger charge is 2.30. The van der Waals surface area contributed by atoms with Gasteiger partial charge >= 0.3 is 5.97 Å². The third-order valence-electron chi connectivity index (χ3n) is 5.18. The number of hydrogen-bond acceptors (Lipinski definition) is 7. The summed E-state index contributed by atoms with van der Waals surface area (Å²) in [5.74, 6) is 1.67. The fourth-order valence-corrected chi connectivity index (χ4v) is 3.67. The van der Waals surface area contributed by atoms with Crippen LogP contribution in [0.3, 0.4) is 0 Å². The summed E-state index contributed by atoms with van der Waals surface area (Å²) < 4.78 is 27.3. The highest BCUT2D eigenvalue weighted by atomic mass is 16.7. The minimum atomic E-state index is -0.567. The van der Waals surface area contributed by atoms with E-state index in [2.05, 4.69) is 0 Å². The van der Waals surface area contributed by atoms with Gasteiger partial charge in [-0.25, -0.2) is 4.79 Å². The number of esters is 1. The van der Waals surface area contributed by atoms with Gasteiger partial charge in [-0.05, 0) is 54.5 Å². The van der Waals surface area contributed by atoms with Crippen molar-refractivity contribution in [3.05, 3.63) is 82.6 Å². The van der Waals surface area contributed by atoms with Crippen LogP contribution in [0, 0.1) is 6.92 Å². The molecule has 2 aliphatic heterocycles. The van der Waals surface area contributed by atoms with Crippen molar-refractivity contribution < 1.29 is 33.3 Å². The third kappa shape index (κ3) is 3.43. The molecule has 0 bridgehead atoms. The normalized spacial score (nSPS) is 14.8. The molecule has 0 aliphatic carbocycles. The number of ketones is 1. The standard InChI is InChI=1S/C25H18O7/c1-14-9-16(31-25(27)17-5-3-4-6-18(17)28-2)12-21-23(14)24(26)22(32-21)11-15-7-8-19-20(10-15)30-13-29-19/h3-12H,13H2,1-2H3/b22-11-. The molecule has 7 nitrogen and oxygen atoms in total. The van der Waals surface area contributed by atoms with Crippen molar-refractivity contribution in [2.75, 3.05) is 13.9 Å². The lowest BCUT2D eigenvalue weighted by Gasteiger charge is -2.10. The van der Waals surface area contributed by atoms with Crippen LogP contribution in [0.15, 0.2) is 60.4 Å². The van der Waals surface area contributed by atoms with Gasteiger partial charge in [-0.3, -0.25) is 4.79 Å². The molecule has 5 rings (SSSR count). The molecule has 0 atom stereocenters. The number of aryl methyl sites for hydroxylation is 1. The summed E-state index contributed by atoms with van der Waals surface area (Å²) in [4.78, 5) is 25.5. The van der Waals surface area contributed by atoms with Crippen LogP contribution in [0.5, 0.6) is 28.7 Å². The van der Waals surface area contributed by atoms with Crippen LogP contribution < -0.4 is 23.7 Å². The zero-order chi connectivity index (χ0) is 22.2. The molecule has 0 radical (unpaired) electrons. The van der Waals surface area contributed by atoms with Crippen LogP contribution >= 0.6 is 0 Å². The molecule has 7 heteroatoms. The van der Waals surface area contributed by atoms with E-state index in [1.165, 1.54) is 13.2 Å². The number of fused-ring (bicyclic) bond motifs is 2. The molecule has 0 fully saturated rings. The molecule has 0 saturated heterocycles. The molecule has 0 unspecified atom stereocenters. The van der Waals surface area contributed by atoms with Gasteiger partial charge in [0, 0.05) is 6.07 Å². The number of para-hydroxylation sites is 1. The van der Waals surface area contributed by atoms with Crippen molar-refractivity contribution in [1.29, 1.82) is 0 Å². The maximum Gasteiger partial charge on any atom is 0.347 e. The summed E-state index contributed by atoms with van der Waals surface area (Å²) in [7, 11) is 1.49. The predicted molar refractivity (Wildman–Crippen MR) is 115 cm³/mol. The number of allylic oxidation sites excluding steroid dienone is 1. The Balaban J connectivity index is 1.41. The van der Waals surface area contributed by atoms with Gasteiger partial charge in [0.2, 0.25) is 12.6 Å². The summed E-state index contributed by atoms with van der Waals surface area (Å²) in [6.07, 6.45) is 1.64. The van der Waals surface area contributed by atoms with Crippen molar-refractivity contribution in [3.63, 3.8) is 0 Å². The SMILES string of the molecule is COc1ccccc1C(=O)Oc1cc(C)c2c(c1)O/C(=C\c1ccc3c(c1)OCO3)C2=O. The van der Waals surface area contributed by atoms with Gasteiger partial charge in [-0.1, -0.05) is 18.2 Å². The number of benzene rings is 3. The van der Waals surface area contributed by atoms with Crippen molar-refractivity contribution in [2.24, 2.45) is 0 Å². The van der Waals surface area contributed by atoms with Crippen LogP contribution in [0.4, 0.5) is 0 Å². The van der Waals surface area contributed by atoms with E-state index in [0.717, 1.165) is 5.56 Å². The van der Waals surface area contributed by atoms with Gasteiger partial charge in [0.05, 0.1) is 12.7 Å². The maximum absolute atomic E-state index is 12.9. The van der Waals surface area contributed by atoms with Gasteiger partial charge in [-0.15, -0.1) is 0 Å². The first kappa shape index (κ1) is 19.7. The van der Waals surface area contributed by atoms with Gasteiger partial charge in [0.15, 0.2) is 17.3 Å². The zero-order valence-corrected chi connectivity index (χ0v) is 17.3. The van der Waals surface area contributed by atoms with E-state index in [1.54, 1.807) is 55.5 Å². The van der Waals surface area contributed by atoms with Crippen molar-refractivity contribution in [2.45, 2.75) is 6.92 Å². The second-order valence-electron chi connectivity index (χ2n) is 7.26. The molecule has 0 spiro atoms. The van der Waals surface area contributed by atoms with Crippen LogP contribution in [0.1, 0.15) is 31.8 Å². The first-order valence-corrected chi connectivity index (χ1v) is 9.87. The topological polar surface area (TPSA) is 80.3 Å². The third-order valence-corrected chi connectivity index (χ3v) is 5.18. The number of methoxy groups -OCH3 is 1. The number of Topliss-reactive ketones (excluding diaryl/α,β-unsaturated/α-hetero) is 1. The molecule has 0 aromatic heterocycles. The lowest BCUT2D eigenvalue weighted by Crippen LogP contribution is -2.10. The van der Waals surface area contributed by atoms with E-state index in [-0.39, 0.29) is 24.1 Å². The minimum Gasteiger partial charge on any atom is -0.496 e. The van der Waals surface area contributed by atoms with E-state index < -0.39 is 5.97 Å². The summed E-state index contributed by atoms with van der Waals surface area (Å²) in [6, 6.07) is 15.3. The lowest BCUT2D eigenvalue weighted by molar-refractivity contribution is 0.0731. The quantitative estimate of drug-likeness (QED) is 0.341. The average Bonchev–Trinajstić information content (AvgIpc) is 3.38. The summed E-state index contributed by atoms with van der Waals surface area (Å²) >= 11 is 0. The highest BCUT2D eigenvalue weighted by Crippen LogP contribution is 2.39. The Morgan fingerprint density at radius 1 is 1.00 bits per heavy atom. The number of carbonyl (C=O) groups excluding carboxylic acids is 2. The predicted octanol–water partition coefficient (Wildman–Crippen LogP) is 4.57. The number of carbonyl (C=O) groups is 2. The van der Waals surface area contributed by atoms with Crippen LogP contribution in [0.2, 0.25) is 0 Å². The Labute approximate surface area is 183 Å². The number of ether oxygens (including phenoxy) is 5. The molecular formula is C25H18O7. The lowest BCUT2D eigenvalue weighted by atomic mass is 10.0. The van der Waals surface area contributed by atoms with Crippen LogP contribution in [0.25, 0.3) is 6.08 Å². The molecule has 32 heavy (non-hydrogen) atoms.